The van der Waals surface area contributed by atoms with Gasteiger partial charge in [-0.3, -0.25) is 9.59 Å². The van der Waals surface area contributed by atoms with Gasteiger partial charge in [-0.2, -0.15) is 0 Å². The Balaban J connectivity index is 2.26. The van der Waals surface area contributed by atoms with E-state index < -0.39 is 29.9 Å². The SMILES string of the molecule is COc1ccc(OC)c2c1cc(C(=O)N[C@@H](C)C(=O)N[C@H](C(=O)O)C(C)C)n2C. The summed E-state index contributed by atoms with van der Waals surface area (Å²) in [6.07, 6.45) is 0. The Labute approximate surface area is 169 Å². The predicted molar refractivity (Wildman–Crippen MR) is 107 cm³/mol. The number of amides is 2. The van der Waals surface area contributed by atoms with E-state index in [1.54, 1.807) is 43.7 Å². The van der Waals surface area contributed by atoms with Crippen molar-refractivity contribution in [2.75, 3.05) is 14.2 Å². The number of hydrogen-bond acceptors (Lipinski definition) is 5. The molecule has 0 bridgehead atoms. The van der Waals surface area contributed by atoms with Crippen molar-refractivity contribution in [3.05, 3.63) is 23.9 Å². The first-order chi connectivity index (χ1) is 13.6. The number of hydrogen-bond donors (Lipinski definition) is 3. The molecule has 0 aliphatic carbocycles. The van der Waals surface area contributed by atoms with Crippen LogP contribution >= 0.6 is 0 Å². The van der Waals surface area contributed by atoms with Crippen LogP contribution in [0.5, 0.6) is 11.5 Å². The molecule has 2 amide bonds. The zero-order chi connectivity index (χ0) is 21.9. The van der Waals surface area contributed by atoms with Gasteiger partial charge in [0.2, 0.25) is 5.91 Å². The Morgan fingerprint density at radius 3 is 2.14 bits per heavy atom. The van der Waals surface area contributed by atoms with Crippen LogP contribution in [0.1, 0.15) is 31.3 Å². The maximum absolute atomic E-state index is 12.8. The average molecular weight is 405 g/mol. The van der Waals surface area contributed by atoms with Crippen LogP contribution in [0, 0.1) is 5.92 Å². The summed E-state index contributed by atoms with van der Waals surface area (Å²) >= 11 is 0. The number of carbonyl (C=O) groups is 3. The molecule has 1 heterocycles. The summed E-state index contributed by atoms with van der Waals surface area (Å²) in [4.78, 5) is 36.4. The van der Waals surface area contributed by atoms with Gasteiger partial charge in [-0.25, -0.2) is 4.79 Å². The van der Waals surface area contributed by atoms with Gasteiger partial charge in [-0.15, -0.1) is 0 Å². The highest BCUT2D eigenvalue weighted by Crippen LogP contribution is 2.35. The van der Waals surface area contributed by atoms with Crippen molar-refractivity contribution in [3.63, 3.8) is 0 Å². The van der Waals surface area contributed by atoms with Crippen LogP contribution in [0.15, 0.2) is 18.2 Å². The summed E-state index contributed by atoms with van der Waals surface area (Å²) < 4.78 is 12.4. The van der Waals surface area contributed by atoms with Gasteiger partial charge in [0.15, 0.2) is 0 Å². The molecular weight excluding hydrogens is 378 g/mol. The van der Waals surface area contributed by atoms with Crippen LogP contribution in [0.2, 0.25) is 0 Å². The molecular formula is C20H27N3O6. The number of carboxylic acid groups (broad SMARTS) is 1. The van der Waals surface area contributed by atoms with Crippen molar-refractivity contribution in [2.24, 2.45) is 13.0 Å². The zero-order valence-corrected chi connectivity index (χ0v) is 17.4. The first-order valence-electron chi connectivity index (χ1n) is 9.16. The Hall–Kier alpha value is -3.23. The lowest BCUT2D eigenvalue weighted by Gasteiger charge is -2.21. The number of aromatic nitrogens is 1. The summed E-state index contributed by atoms with van der Waals surface area (Å²) in [5.74, 6) is -1.31. The van der Waals surface area contributed by atoms with Crippen LogP contribution in [0.3, 0.4) is 0 Å². The summed E-state index contributed by atoms with van der Waals surface area (Å²) in [5, 5.41) is 15.0. The molecule has 2 aromatic rings. The number of benzene rings is 1. The van der Waals surface area contributed by atoms with Gasteiger partial charge < -0.3 is 29.8 Å². The number of nitrogens with one attached hydrogen (secondary N) is 2. The first-order valence-corrected chi connectivity index (χ1v) is 9.16. The second-order valence-corrected chi connectivity index (χ2v) is 7.08. The largest absolute Gasteiger partial charge is 0.496 e. The van der Waals surface area contributed by atoms with Crippen LogP contribution < -0.4 is 20.1 Å². The maximum Gasteiger partial charge on any atom is 0.326 e. The fourth-order valence-electron chi connectivity index (χ4n) is 3.10. The van der Waals surface area contributed by atoms with Crippen molar-refractivity contribution in [3.8, 4) is 11.5 Å². The topological polar surface area (TPSA) is 119 Å². The molecule has 158 valence electrons. The van der Waals surface area contributed by atoms with Gasteiger partial charge in [0.05, 0.1) is 19.7 Å². The maximum atomic E-state index is 12.8. The molecule has 0 unspecified atom stereocenters. The molecule has 0 radical (unpaired) electrons. The van der Waals surface area contributed by atoms with E-state index in [0.29, 0.717) is 28.1 Å². The van der Waals surface area contributed by atoms with Crippen molar-refractivity contribution in [2.45, 2.75) is 32.9 Å². The highest BCUT2D eigenvalue weighted by atomic mass is 16.5. The van der Waals surface area contributed by atoms with Gasteiger partial charge in [0.1, 0.15) is 29.3 Å². The van der Waals surface area contributed by atoms with Crippen LogP contribution in [0.25, 0.3) is 10.9 Å². The lowest BCUT2D eigenvalue weighted by molar-refractivity contribution is -0.143. The number of nitrogens with zero attached hydrogens (tertiary/aromatic N) is 1. The minimum atomic E-state index is -1.13. The molecule has 0 saturated heterocycles. The summed E-state index contributed by atoms with van der Waals surface area (Å²) in [5.41, 5.74) is 0.987. The lowest BCUT2D eigenvalue weighted by Crippen LogP contribution is -2.52. The molecule has 0 fully saturated rings. The second kappa shape index (κ2) is 8.85. The van der Waals surface area contributed by atoms with E-state index in [0.717, 1.165) is 0 Å². The third-order valence-corrected chi connectivity index (χ3v) is 4.76. The molecule has 0 spiro atoms. The highest BCUT2D eigenvalue weighted by Gasteiger charge is 2.27. The van der Waals surface area contributed by atoms with Crippen molar-refractivity contribution in [1.82, 2.24) is 15.2 Å². The van der Waals surface area contributed by atoms with E-state index in [2.05, 4.69) is 10.6 Å². The summed E-state index contributed by atoms with van der Waals surface area (Å²) in [6, 6.07) is 3.19. The fourth-order valence-corrected chi connectivity index (χ4v) is 3.10. The fraction of sp³-hybridized carbons (Fsp3) is 0.450. The molecule has 29 heavy (non-hydrogen) atoms. The Kier molecular flexibility index (Phi) is 6.73. The third kappa shape index (κ3) is 4.44. The normalized spacial score (nSPS) is 13.1. The van der Waals surface area contributed by atoms with E-state index in [-0.39, 0.29) is 5.92 Å². The monoisotopic (exact) mass is 405 g/mol. The molecule has 0 saturated carbocycles. The molecule has 9 heteroatoms. The first kappa shape index (κ1) is 22.1. The van der Waals surface area contributed by atoms with E-state index >= 15 is 0 Å². The molecule has 2 rings (SSSR count). The second-order valence-electron chi connectivity index (χ2n) is 7.08. The smallest absolute Gasteiger partial charge is 0.326 e. The van der Waals surface area contributed by atoms with E-state index in [1.807, 2.05) is 0 Å². The Morgan fingerprint density at radius 2 is 1.62 bits per heavy atom. The molecule has 0 aliphatic rings. The molecule has 9 nitrogen and oxygen atoms in total. The van der Waals surface area contributed by atoms with Crippen molar-refractivity contribution < 1.29 is 29.0 Å². The minimum absolute atomic E-state index is 0.294. The number of aliphatic carboxylic acids is 1. The minimum Gasteiger partial charge on any atom is -0.496 e. The van der Waals surface area contributed by atoms with E-state index in [9.17, 15) is 19.5 Å². The van der Waals surface area contributed by atoms with Gasteiger partial charge in [-0.1, -0.05) is 13.8 Å². The number of ether oxygens (including phenoxy) is 2. The predicted octanol–water partition coefficient (Wildman–Crippen LogP) is 1.54. The summed E-state index contributed by atoms with van der Waals surface area (Å²) in [6.45, 7) is 4.88. The average Bonchev–Trinajstić information content (AvgIpc) is 3.02. The van der Waals surface area contributed by atoms with Crippen LogP contribution in [0.4, 0.5) is 0 Å². The molecule has 2 atom stereocenters. The number of fused-ring (bicyclic) bond motifs is 1. The quantitative estimate of drug-likeness (QED) is 0.613. The molecule has 1 aromatic carbocycles. The summed E-state index contributed by atoms with van der Waals surface area (Å²) in [7, 11) is 4.78. The molecule has 3 N–H and O–H groups in total. The van der Waals surface area contributed by atoms with Gasteiger partial charge in [0, 0.05) is 12.4 Å². The highest BCUT2D eigenvalue weighted by molar-refractivity contribution is 6.03. The molecule has 0 aliphatic heterocycles. The molecule has 1 aromatic heterocycles. The van der Waals surface area contributed by atoms with Crippen LogP contribution in [-0.2, 0) is 16.6 Å². The van der Waals surface area contributed by atoms with Gasteiger partial charge in [0.25, 0.3) is 5.91 Å². The number of carbonyl (C=O) groups excluding carboxylic acids is 2. The standard InChI is InChI=1S/C20H27N3O6/c1-10(2)16(20(26)27)22-18(24)11(3)21-19(25)13-9-12-14(28-5)7-8-15(29-6)17(12)23(13)4/h7-11,16H,1-6H3,(H,21,25)(H,22,24)(H,26,27)/t11-,16-/m0/s1. The number of methoxy groups -OCH3 is 2. The number of carboxylic acids is 1. The zero-order valence-electron chi connectivity index (χ0n) is 17.4. The Morgan fingerprint density at radius 1 is 1.03 bits per heavy atom. The Bertz CT molecular complexity index is 934. The number of aryl methyl sites for hydroxylation is 1. The third-order valence-electron chi connectivity index (χ3n) is 4.76. The van der Waals surface area contributed by atoms with E-state index in [1.165, 1.54) is 21.1 Å². The van der Waals surface area contributed by atoms with Crippen molar-refractivity contribution >= 4 is 28.7 Å². The van der Waals surface area contributed by atoms with Crippen molar-refractivity contribution in [1.29, 1.82) is 0 Å². The van der Waals surface area contributed by atoms with Gasteiger partial charge in [-0.05, 0) is 31.0 Å². The number of rotatable bonds is 8. The van der Waals surface area contributed by atoms with Crippen LogP contribution in [-0.4, -0.2) is 53.8 Å². The van der Waals surface area contributed by atoms with Gasteiger partial charge >= 0.3 is 5.97 Å². The lowest BCUT2D eigenvalue weighted by atomic mass is 10.0. The van der Waals surface area contributed by atoms with E-state index in [4.69, 9.17) is 9.47 Å².